The number of aromatic nitrogens is 3. The van der Waals surface area contributed by atoms with Gasteiger partial charge in [0.2, 0.25) is 0 Å². The highest BCUT2D eigenvalue weighted by molar-refractivity contribution is 5.30. The van der Waals surface area contributed by atoms with Gasteiger partial charge in [-0.15, -0.1) is 0 Å². The Kier molecular flexibility index (Phi) is 2.90. The largest absolute Gasteiger partial charge is 0.344 e. The molecule has 0 radical (unpaired) electrons. The van der Waals surface area contributed by atoms with Gasteiger partial charge < -0.3 is 9.55 Å². The number of rotatable bonds is 4. The van der Waals surface area contributed by atoms with E-state index in [0.29, 0.717) is 0 Å². The van der Waals surface area contributed by atoms with Crippen LogP contribution in [0.5, 0.6) is 0 Å². The van der Waals surface area contributed by atoms with Gasteiger partial charge in [-0.2, -0.15) is 0 Å². The maximum Gasteiger partial charge on any atom is 0.157 e. The van der Waals surface area contributed by atoms with E-state index in [-0.39, 0.29) is 0 Å². The number of hydrogen-bond acceptors (Lipinski definition) is 1. The lowest BCUT2D eigenvalue weighted by atomic mass is 10.2. The topological polar surface area (TPSA) is 33.6 Å². The van der Waals surface area contributed by atoms with Crippen molar-refractivity contribution >= 4 is 0 Å². The second-order valence-corrected chi connectivity index (χ2v) is 3.83. The molecule has 1 N–H and O–H groups in total. The highest BCUT2D eigenvalue weighted by Crippen LogP contribution is 2.12. The molecule has 0 aliphatic carbocycles. The normalized spacial score (nSPS) is 10.8. The van der Waals surface area contributed by atoms with Crippen LogP contribution in [0, 0.1) is 6.92 Å². The van der Waals surface area contributed by atoms with E-state index < -0.39 is 0 Å². The van der Waals surface area contributed by atoms with Crippen molar-refractivity contribution in [3.8, 4) is 5.82 Å². The molecule has 2 rings (SSSR count). The first-order valence-electron chi connectivity index (χ1n) is 5.50. The van der Waals surface area contributed by atoms with Gasteiger partial charge in [0, 0.05) is 18.8 Å². The van der Waals surface area contributed by atoms with Gasteiger partial charge in [0.15, 0.2) is 5.82 Å². The molecular formula is C12H17N3. The Morgan fingerprint density at radius 2 is 2.07 bits per heavy atom. The third kappa shape index (κ3) is 2.12. The molecule has 0 saturated carbocycles. The predicted molar refractivity (Wildman–Crippen MR) is 61.3 cm³/mol. The Balaban J connectivity index is 2.22. The first-order chi connectivity index (χ1) is 7.31. The maximum absolute atomic E-state index is 4.60. The fraction of sp³-hybridized carbons (Fsp3) is 0.417. The van der Waals surface area contributed by atoms with E-state index in [1.165, 1.54) is 12.8 Å². The standard InChI is InChI=1S/C12H17N3/c1-3-4-7-11-13-10(2)12(14-11)15-8-5-6-9-15/h5-6,8-9H,3-4,7H2,1-2H3,(H,13,14). The smallest absolute Gasteiger partial charge is 0.157 e. The second-order valence-electron chi connectivity index (χ2n) is 3.83. The number of aryl methyl sites for hydroxylation is 2. The summed E-state index contributed by atoms with van der Waals surface area (Å²) in [4.78, 5) is 7.93. The SMILES string of the molecule is CCCCc1nc(-n2cccc2)c(C)[nH]1. The van der Waals surface area contributed by atoms with Crippen LogP contribution in [0.1, 0.15) is 31.3 Å². The molecule has 0 aromatic carbocycles. The van der Waals surface area contributed by atoms with E-state index >= 15 is 0 Å². The van der Waals surface area contributed by atoms with Crippen LogP contribution in [-0.4, -0.2) is 14.5 Å². The van der Waals surface area contributed by atoms with Gasteiger partial charge >= 0.3 is 0 Å². The average Bonchev–Trinajstić information content (AvgIpc) is 2.83. The molecule has 0 unspecified atom stereocenters. The quantitative estimate of drug-likeness (QED) is 0.814. The minimum Gasteiger partial charge on any atom is -0.344 e. The molecule has 0 amide bonds. The van der Waals surface area contributed by atoms with E-state index in [4.69, 9.17) is 0 Å². The summed E-state index contributed by atoms with van der Waals surface area (Å²) in [6, 6.07) is 4.03. The molecule has 0 fully saturated rings. The van der Waals surface area contributed by atoms with E-state index in [9.17, 15) is 0 Å². The predicted octanol–water partition coefficient (Wildman–Crippen LogP) is 2.85. The van der Waals surface area contributed by atoms with Gasteiger partial charge in [-0.05, 0) is 25.5 Å². The molecule has 80 valence electrons. The Bertz CT molecular complexity index is 412. The van der Waals surface area contributed by atoms with Crippen molar-refractivity contribution in [2.24, 2.45) is 0 Å². The lowest BCUT2D eigenvalue weighted by Crippen LogP contribution is -1.92. The number of hydrogen-bond donors (Lipinski definition) is 1. The first kappa shape index (κ1) is 10.0. The van der Waals surface area contributed by atoms with E-state index in [1.807, 2.05) is 29.1 Å². The maximum atomic E-state index is 4.60. The van der Waals surface area contributed by atoms with E-state index in [1.54, 1.807) is 0 Å². The molecule has 3 heteroatoms. The van der Waals surface area contributed by atoms with Crippen LogP contribution in [-0.2, 0) is 6.42 Å². The van der Waals surface area contributed by atoms with Crippen molar-refractivity contribution in [2.75, 3.05) is 0 Å². The third-order valence-electron chi connectivity index (χ3n) is 2.52. The fourth-order valence-electron chi connectivity index (χ4n) is 1.70. The minimum atomic E-state index is 1.02. The molecule has 0 aliphatic rings. The van der Waals surface area contributed by atoms with Gasteiger partial charge in [0.05, 0.1) is 5.69 Å². The molecule has 2 heterocycles. The third-order valence-corrected chi connectivity index (χ3v) is 2.52. The molecule has 0 aliphatic heterocycles. The van der Waals surface area contributed by atoms with Crippen molar-refractivity contribution in [3.63, 3.8) is 0 Å². The Hall–Kier alpha value is -1.51. The summed E-state index contributed by atoms with van der Waals surface area (Å²) in [5.74, 6) is 2.11. The minimum absolute atomic E-state index is 1.02. The van der Waals surface area contributed by atoms with Crippen LogP contribution >= 0.6 is 0 Å². The van der Waals surface area contributed by atoms with Gasteiger partial charge in [0.1, 0.15) is 5.82 Å². The average molecular weight is 203 g/mol. The summed E-state index contributed by atoms with van der Waals surface area (Å²) >= 11 is 0. The zero-order valence-electron chi connectivity index (χ0n) is 9.33. The summed E-state index contributed by atoms with van der Waals surface area (Å²) in [5, 5.41) is 0. The lowest BCUT2D eigenvalue weighted by Gasteiger charge is -1.97. The molecule has 0 saturated heterocycles. The number of imidazole rings is 1. The summed E-state index contributed by atoms with van der Waals surface area (Å²) in [5.41, 5.74) is 1.14. The Morgan fingerprint density at radius 3 is 2.73 bits per heavy atom. The fourth-order valence-corrected chi connectivity index (χ4v) is 1.70. The molecule has 0 bridgehead atoms. The summed E-state index contributed by atoms with van der Waals surface area (Å²) in [6.07, 6.45) is 7.48. The van der Waals surface area contributed by atoms with Crippen LogP contribution in [0.25, 0.3) is 5.82 Å². The number of H-pyrrole nitrogens is 1. The lowest BCUT2D eigenvalue weighted by molar-refractivity contribution is 0.760. The number of unbranched alkanes of at least 4 members (excludes halogenated alkanes) is 1. The second kappa shape index (κ2) is 4.34. The highest BCUT2D eigenvalue weighted by Gasteiger charge is 2.06. The van der Waals surface area contributed by atoms with Crippen LogP contribution in [0.3, 0.4) is 0 Å². The zero-order valence-corrected chi connectivity index (χ0v) is 9.33. The van der Waals surface area contributed by atoms with Crippen molar-refractivity contribution in [3.05, 3.63) is 36.0 Å². The van der Waals surface area contributed by atoms with Gasteiger partial charge in [-0.3, -0.25) is 0 Å². The molecule has 2 aromatic heterocycles. The summed E-state index contributed by atoms with van der Waals surface area (Å²) in [7, 11) is 0. The monoisotopic (exact) mass is 203 g/mol. The van der Waals surface area contributed by atoms with Gasteiger partial charge in [-0.1, -0.05) is 13.3 Å². The Morgan fingerprint density at radius 1 is 1.33 bits per heavy atom. The van der Waals surface area contributed by atoms with E-state index in [2.05, 4.69) is 23.8 Å². The summed E-state index contributed by atoms with van der Waals surface area (Å²) in [6.45, 7) is 4.26. The van der Waals surface area contributed by atoms with Crippen molar-refractivity contribution in [1.29, 1.82) is 0 Å². The van der Waals surface area contributed by atoms with Crippen molar-refractivity contribution in [1.82, 2.24) is 14.5 Å². The zero-order chi connectivity index (χ0) is 10.7. The van der Waals surface area contributed by atoms with Crippen LogP contribution in [0.2, 0.25) is 0 Å². The van der Waals surface area contributed by atoms with E-state index in [0.717, 1.165) is 23.8 Å². The number of nitrogens with one attached hydrogen (secondary N) is 1. The van der Waals surface area contributed by atoms with Gasteiger partial charge in [0.25, 0.3) is 0 Å². The van der Waals surface area contributed by atoms with Gasteiger partial charge in [-0.25, -0.2) is 4.98 Å². The van der Waals surface area contributed by atoms with Crippen LogP contribution in [0.4, 0.5) is 0 Å². The molecule has 0 spiro atoms. The van der Waals surface area contributed by atoms with Crippen LogP contribution in [0.15, 0.2) is 24.5 Å². The number of nitrogens with zero attached hydrogens (tertiary/aromatic N) is 2. The molecular weight excluding hydrogens is 186 g/mol. The van der Waals surface area contributed by atoms with Crippen molar-refractivity contribution < 1.29 is 0 Å². The summed E-state index contributed by atoms with van der Waals surface area (Å²) < 4.78 is 2.04. The molecule has 2 aromatic rings. The number of aromatic amines is 1. The van der Waals surface area contributed by atoms with Crippen LogP contribution < -0.4 is 0 Å². The first-order valence-corrected chi connectivity index (χ1v) is 5.50. The Labute approximate surface area is 90.2 Å². The molecule has 0 atom stereocenters. The molecule has 15 heavy (non-hydrogen) atoms. The van der Waals surface area contributed by atoms with Crippen molar-refractivity contribution in [2.45, 2.75) is 33.1 Å². The molecule has 3 nitrogen and oxygen atoms in total. The highest BCUT2D eigenvalue weighted by atomic mass is 15.1.